The Balaban J connectivity index is 2.14. The Hall–Kier alpha value is -2.19. The smallest absolute Gasteiger partial charge is 0.416 e. The fourth-order valence-electron chi connectivity index (χ4n) is 2.66. The molecule has 9 heteroatoms. The molecule has 0 aliphatic rings. The molecule has 1 aromatic carbocycles. The maximum Gasteiger partial charge on any atom is 0.416 e. The van der Waals surface area contributed by atoms with E-state index in [2.05, 4.69) is 4.98 Å². The minimum atomic E-state index is -4.44. The standard InChI is InChI=1S/C17H12ClF3N2O2S/c1-9-15(26-11-4-2-3-10(7-11)17(19,20)21)14-12(5-6-22-16(14)18)23(9)8-13(24)25/h2-7H,8H2,1H3,(H,24,25). The summed E-state index contributed by atoms with van der Waals surface area (Å²) in [5.41, 5.74) is 0.415. The zero-order valence-electron chi connectivity index (χ0n) is 13.3. The van der Waals surface area contributed by atoms with Crippen molar-refractivity contribution >= 4 is 40.2 Å². The lowest BCUT2D eigenvalue weighted by Crippen LogP contribution is -2.09. The molecule has 3 aromatic rings. The van der Waals surface area contributed by atoms with Gasteiger partial charge >= 0.3 is 12.1 Å². The van der Waals surface area contributed by atoms with E-state index >= 15 is 0 Å². The number of fused-ring (bicyclic) bond motifs is 1. The maximum atomic E-state index is 12.9. The highest BCUT2D eigenvalue weighted by atomic mass is 35.5. The number of halogens is 4. The van der Waals surface area contributed by atoms with Crippen molar-refractivity contribution in [1.29, 1.82) is 0 Å². The number of aromatic nitrogens is 2. The lowest BCUT2D eigenvalue weighted by atomic mass is 10.2. The highest BCUT2D eigenvalue weighted by Gasteiger charge is 2.30. The molecule has 0 radical (unpaired) electrons. The first-order valence-corrected chi connectivity index (χ1v) is 8.58. The number of carboxylic acids is 1. The number of aliphatic carboxylic acids is 1. The van der Waals surface area contributed by atoms with E-state index in [1.165, 1.54) is 12.3 Å². The summed E-state index contributed by atoms with van der Waals surface area (Å²) in [5.74, 6) is -1.03. The highest BCUT2D eigenvalue weighted by molar-refractivity contribution is 7.99. The lowest BCUT2D eigenvalue weighted by Gasteiger charge is -2.09. The van der Waals surface area contributed by atoms with E-state index in [0.29, 0.717) is 26.4 Å². The average Bonchev–Trinajstić information content (AvgIpc) is 2.81. The molecule has 0 fully saturated rings. The summed E-state index contributed by atoms with van der Waals surface area (Å²) in [6, 6.07) is 6.57. The molecule has 0 aliphatic carbocycles. The van der Waals surface area contributed by atoms with Gasteiger partial charge in [-0.1, -0.05) is 29.4 Å². The predicted octanol–water partition coefficient (Wildman–Crippen LogP) is 5.25. The number of hydrogen-bond donors (Lipinski definition) is 1. The molecule has 3 rings (SSSR count). The number of carbonyl (C=O) groups is 1. The lowest BCUT2D eigenvalue weighted by molar-refractivity contribution is -0.138. The Morgan fingerprint density at radius 3 is 2.73 bits per heavy atom. The molecule has 2 aromatic heterocycles. The van der Waals surface area contributed by atoms with Crippen LogP contribution in [0.2, 0.25) is 5.15 Å². The summed E-state index contributed by atoms with van der Waals surface area (Å²) in [5, 5.41) is 9.84. The van der Waals surface area contributed by atoms with Crippen molar-refractivity contribution in [2.45, 2.75) is 29.4 Å². The van der Waals surface area contributed by atoms with Gasteiger partial charge in [0, 0.05) is 21.7 Å². The van der Waals surface area contributed by atoms with Gasteiger partial charge < -0.3 is 9.67 Å². The number of hydrogen-bond acceptors (Lipinski definition) is 3. The Morgan fingerprint density at radius 2 is 2.08 bits per heavy atom. The summed E-state index contributed by atoms with van der Waals surface area (Å²) in [4.78, 5) is 16.1. The molecule has 0 aliphatic heterocycles. The molecule has 4 nitrogen and oxygen atoms in total. The van der Waals surface area contributed by atoms with Gasteiger partial charge in [-0.2, -0.15) is 13.2 Å². The second-order valence-corrected chi connectivity index (χ2v) is 6.96. The van der Waals surface area contributed by atoms with E-state index in [1.54, 1.807) is 23.6 Å². The van der Waals surface area contributed by atoms with Gasteiger partial charge in [0.2, 0.25) is 0 Å². The van der Waals surface area contributed by atoms with E-state index in [9.17, 15) is 18.0 Å². The zero-order valence-corrected chi connectivity index (χ0v) is 14.9. The van der Waals surface area contributed by atoms with Gasteiger partial charge in [-0.25, -0.2) is 4.98 Å². The third-order valence-electron chi connectivity index (χ3n) is 3.81. The van der Waals surface area contributed by atoms with E-state index in [1.807, 2.05) is 0 Å². The molecule has 0 amide bonds. The number of benzene rings is 1. The first kappa shape index (κ1) is 18.6. The van der Waals surface area contributed by atoms with Gasteiger partial charge in [0.05, 0.1) is 16.5 Å². The van der Waals surface area contributed by atoms with Crippen LogP contribution in [0.4, 0.5) is 13.2 Å². The Morgan fingerprint density at radius 1 is 1.35 bits per heavy atom. The fraction of sp³-hybridized carbons (Fsp3) is 0.176. The monoisotopic (exact) mass is 400 g/mol. The Kier molecular flexibility index (Phi) is 4.90. The molecule has 136 valence electrons. The second kappa shape index (κ2) is 6.85. The average molecular weight is 401 g/mol. The molecule has 1 N–H and O–H groups in total. The first-order chi connectivity index (χ1) is 12.2. The van der Waals surface area contributed by atoms with Crippen molar-refractivity contribution in [2.75, 3.05) is 0 Å². The van der Waals surface area contributed by atoms with Crippen LogP contribution in [0.25, 0.3) is 10.9 Å². The number of carboxylic acid groups (broad SMARTS) is 1. The van der Waals surface area contributed by atoms with Crippen molar-refractivity contribution in [1.82, 2.24) is 9.55 Å². The Labute approximate surface area is 155 Å². The third kappa shape index (κ3) is 3.52. The van der Waals surface area contributed by atoms with Crippen molar-refractivity contribution in [3.05, 3.63) is 52.9 Å². The van der Waals surface area contributed by atoms with Crippen molar-refractivity contribution in [3.8, 4) is 0 Å². The largest absolute Gasteiger partial charge is 0.480 e. The summed E-state index contributed by atoms with van der Waals surface area (Å²) in [6.45, 7) is 1.42. The van der Waals surface area contributed by atoms with Gasteiger partial charge in [0.15, 0.2) is 0 Å². The zero-order chi connectivity index (χ0) is 19.1. The van der Waals surface area contributed by atoms with Crippen molar-refractivity contribution in [3.63, 3.8) is 0 Å². The quantitative estimate of drug-likeness (QED) is 0.607. The van der Waals surface area contributed by atoms with Gasteiger partial charge in [-0.15, -0.1) is 0 Å². The highest BCUT2D eigenvalue weighted by Crippen LogP contribution is 2.42. The van der Waals surface area contributed by atoms with Crippen LogP contribution in [-0.2, 0) is 17.5 Å². The molecule has 0 spiro atoms. The van der Waals surface area contributed by atoms with Crippen LogP contribution in [0.5, 0.6) is 0 Å². The first-order valence-electron chi connectivity index (χ1n) is 7.38. The van der Waals surface area contributed by atoms with Gasteiger partial charge in [0.25, 0.3) is 0 Å². The summed E-state index contributed by atoms with van der Waals surface area (Å²) in [7, 11) is 0. The van der Waals surface area contributed by atoms with E-state index in [-0.39, 0.29) is 11.7 Å². The van der Waals surface area contributed by atoms with Gasteiger partial charge in [0.1, 0.15) is 11.7 Å². The molecule has 2 heterocycles. The van der Waals surface area contributed by atoms with Gasteiger partial charge in [-0.3, -0.25) is 4.79 Å². The summed E-state index contributed by atoms with van der Waals surface area (Å²) >= 11 is 7.29. The van der Waals surface area contributed by atoms with Crippen LogP contribution in [0.3, 0.4) is 0 Å². The topological polar surface area (TPSA) is 55.1 Å². The number of nitrogens with zero attached hydrogens (tertiary/aromatic N) is 2. The predicted molar refractivity (Wildman–Crippen MR) is 92.7 cm³/mol. The molecule has 0 unspecified atom stereocenters. The maximum absolute atomic E-state index is 12.9. The van der Waals surface area contributed by atoms with Crippen LogP contribution in [0, 0.1) is 6.92 Å². The van der Waals surface area contributed by atoms with Crippen molar-refractivity contribution in [2.24, 2.45) is 0 Å². The van der Waals surface area contributed by atoms with Crippen LogP contribution in [0.15, 0.2) is 46.3 Å². The van der Waals surface area contributed by atoms with Crippen LogP contribution >= 0.6 is 23.4 Å². The fourth-order valence-corrected chi connectivity index (χ4v) is 4.10. The molecule has 0 bridgehead atoms. The SMILES string of the molecule is Cc1c(Sc2cccc(C(F)(F)F)c2)c2c(Cl)nccc2n1CC(=O)O. The normalized spacial score (nSPS) is 11.9. The van der Waals surface area contributed by atoms with Crippen LogP contribution in [0.1, 0.15) is 11.3 Å². The molecular weight excluding hydrogens is 389 g/mol. The molecule has 26 heavy (non-hydrogen) atoms. The van der Waals surface area contributed by atoms with Crippen LogP contribution in [-0.4, -0.2) is 20.6 Å². The molecule has 0 saturated heterocycles. The van der Waals surface area contributed by atoms with Crippen molar-refractivity contribution < 1.29 is 23.1 Å². The van der Waals surface area contributed by atoms with Crippen LogP contribution < -0.4 is 0 Å². The minimum absolute atomic E-state index is 0.171. The number of alkyl halides is 3. The number of pyridine rings is 1. The molecule has 0 saturated carbocycles. The number of rotatable bonds is 4. The molecular formula is C17H12ClF3N2O2S. The third-order valence-corrected chi connectivity index (χ3v) is 5.29. The Bertz CT molecular complexity index is 1000. The second-order valence-electron chi connectivity index (χ2n) is 5.52. The van der Waals surface area contributed by atoms with E-state index in [4.69, 9.17) is 16.7 Å². The molecule has 0 atom stereocenters. The summed E-state index contributed by atoms with van der Waals surface area (Å²) in [6.07, 6.45) is -2.98. The van der Waals surface area contributed by atoms with Gasteiger partial charge in [-0.05, 0) is 31.2 Å². The minimum Gasteiger partial charge on any atom is -0.480 e. The van der Waals surface area contributed by atoms with E-state index < -0.39 is 17.7 Å². The van der Waals surface area contributed by atoms with E-state index in [0.717, 1.165) is 23.9 Å². The summed E-state index contributed by atoms with van der Waals surface area (Å²) < 4.78 is 40.4.